The molecule has 0 aliphatic heterocycles. The fourth-order valence-corrected chi connectivity index (χ4v) is 9.55. The molecule has 0 heterocycles. The van der Waals surface area contributed by atoms with Crippen molar-refractivity contribution in [2.45, 2.75) is 40.0 Å². The third-order valence-corrected chi connectivity index (χ3v) is 12.8. The van der Waals surface area contributed by atoms with E-state index in [1.807, 2.05) is 72.8 Å². The molecule has 0 saturated carbocycles. The highest BCUT2D eigenvalue weighted by Crippen LogP contribution is 2.42. The van der Waals surface area contributed by atoms with Gasteiger partial charge in [-0.05, 0) is 159 Å². The average molecular weight is 929 g/mol. The smallest absolute Gasteiger partial charge is 0.0536 e. The topological polar surface area (TPSA) is 18.5 Å². The van der Waals surface area contributed by atoms with E-state index in [0.717, 1.165) is 35.7 Å². The minimum Gasteiger partial charge on any atom is -0.356 e. The Labute approximate surface area is 420 Å². The average Bonchev–Trinajstić information content (AvgIpc) is 4.12. The fraction of sp³-hybridized carbons (Fsp3) is 0.0909. The molecule has 70 heavy (non-hydrogen) atoms. The minimum atomic E-state index is 0.899. The first-order valence-electron chi connectivity index (χ1n) is 24.1. The number of benzene rings is 9. The van der Waals surface area contributed by atoms with Gasteiger partial charge in [-0.3, -0.25) is 0 Å². The standard InChI is InChI=1S/2C22H19N.C12H11N.C10H9Cl/c2*1-17-15-18-9-8-14-22(21(18)16-17)23(19-10-4-2-5-11-19)20-12-6-3-7-13-20;1-3-7-11(8-4-1)13-12-9-5-2-6-10-12;1-7-5-8-3-2-4-10(11)9(8)6-7/h2-14,16H,15H2,1H3;2-15H,16H2,1H3;1-10,13H;2-5H,6H2,1H3. The van der Waals surface area contributed by atoms with Gasteiger partial charge in [0.1, 0.15) is 0 Å². The summed E-state index contributed by atoms with van der Waals surface area (Å²) >= 11 is 6.00. The van der Waals surface area contributed by atoms with Crippen molar-refractivity contribution < 1.29 is 0 Å². The summed E-state index contributed by atoms with van der Waals surface area (Å²) in [6.07, 6.45) is 9.93. The predicted molar refractivity (Wildman–Crippen MR) is 302 cm³/mol. The molecule has 1 N–H and O–H groups in total. The molecule has 344 valence electrons. The zero-order valence-corrected chi connectivity index (χ0v) is 40.9. The highest BCUT2D eigenvalue weighted by Gasteiger charge is 2.22. The van der Waals surface area contributed by atoms with Crippen molar-refractivity contribution in [3.63, 3.8) is 0 Å². The zero-order valence-electron chi connectivity index (χ0n) is 40.1. The second-order valence-corrected chi connectivity index (χ2v) is 18.3. The van der Waals surface area contributed by atoms with E-state index < -0.39 is 0 Å². The number of nitrogens with zero attached hydrogens (tertiary/aromatic N) is 2. The molecular formula is C66H58ClN3. The van der Waals surface area contributed by atoms with Crippen LogP contribution in [-0.2, 0) is 19.3 Å². The summed E-state index contributed by atoms with van der Waals surface area (Å²) in [6, 6.07) is 81.9. The maximum absolute atomic E-state index is 6.00. The van der Waals surface area contributed by atoms with Crippen LogP contribution >= 0.6 is 11.6 Å². The van der Waals surface area contributed by atoms with Crippen LogP contribution in [0.2, 0.25) is 5.02 Å². The number of anilines is 8. The maximum Gasteiger partial charge on any atom is 0.0536 e. The molecule has 3 aliphatic rings. The van der Waals surface area contributed by atoms with Crippen LogP contribution in [0.1, 0.15) is 54.2 Å². The summed E-state index contributed by atoms with van der Waals surface area (Å²) in [6.45, 7) is 6.55. The van der Waals surface area contributed by atoms with Gasteiger partial charge in [-0.1, -0.05) is 192 Å². The van der Waals surface area contributed by atoms with Gasteiger partial charge in [-0.2, -0.15) is 0 Å². The Hall–Kier alpha value is -8.11. The molecule has 0 amide bonds. The summed E-state index contributed by atoms with van der Waals surface area (Å²) in [5.41, 5.74) is 21.8. The third kappa shape index (κ3) is 11.6. The van der Waals surface area contributed by atoms with Crippen LogP contribution in [0, 0.1) is 0 Å². The lowest BCUT2D eigenvalue weighted by molar-refractivity contribution is 1.16. The number of halogens is 1. The van der Waals surface area contributed by atoms with E-state index in [4.69, 9.17) is 11.6 Å². The molecular weight excluding hydrogens is 870 g/mol. The Morgan fingerprint density at radius 3 is 1.19 bits per heavy atom. The SMILES string of the molecule is CC1=Cc2c(cccc2N(c2ccccc2)c2ccccc2)C1.CC1=Cc2cccc(Cl)c2C1.CC1=Cc2cccc(N(c3ccccc3)c3ccccc3)c2C1.c1ccc(Nc2ccccc2)cc1. The number of hydrogen-bond acceptors (Lipinski definition) is 3. The Balaban J connectivity index is 0.000000121. The largest absolute Gasteiger partial charge is 0.356 e. The van der Waals surface area contributed by atoms with Gasteiger partial charge in [0.05, 0.1) is 11.4 Å². The van der Waals surface area contributed by atoms with Crippen LogP contribution in [0.4, 0.5) is 45.5 Å². The molecule has 9 aromatic carbocycles. The molecule has 9 aromatic rings. The quantitative estimate of drug-likeness (QED) is 0.164. The maximum atomic E-state index is 6.00. The van der Waals surface area contributed by atoms with Crippen LogP contribution in [-0.4, -0.2) is 0 Å². The van der Waals surface area contributed by atoms with Crippen LogP contribution < -0.4 is 15.1 Å². The van der Waals surface area contributed by atoms with E-state index >= 15 is 0 Å². The molecule has 0 bridgehead atoms. The summed E-state index contributed by atoms with van der Waals surface area (Å²) in [7, 11) is 0. The molecule has 3 aliphatic carbocycles. The molecule has 0 radical (unpaired) electrons. The van der Waals surface area contributed by atoms with Crippen molar-refractivity contribution in [3.8, 4) is 0 Å². The molecule has 0 unspecified atom stereocenters. The van der Waals surface area contributed by atoms with E-state index in [-0.39, 0.29) is 0 Å². The van der Waals surface area contributed by atoms with Crippen LogP contribution in [0.25, 0.3) is 18.2 Å². The lowest BCUT2D eigenvalue weighted by atomic mass is 10.0. The first-order valence-corrected chi connectivity index (χ1v) is 24.5. The second kappa shape index (κ2) is 22.8. The van der Waals surface area contributed by atoms with E-state index in [1.165, 1.54) is 84.2 Å². The predicted octanol–water partition coefficient (Wildman–Crippen LogP) is 19.0. The lowest BCUT2D eigenvalue weighted by Crippen LogP contribution is -2.12. The van der Waals surface area contributed by atoms with E-state index in [0.29, 0.717) is 0 Å². The first-order chi connectivity index (χ1) is 34.4. The van der Waals surface area contributed by atoms with Crippen LogP contribution in [0.5, 0.6) is 0 Å². The number of fused-ring (bicyclic) bond motifs is 3. The normalized spacial score (nSPS) is 12.4. The molecule has 3 nitrogen and oxygen atoms in total. The van der Waals surface area contributed by atoms with Gasteiger partial charge in [-0.25, -0.2) is 0 Å². The molecule has 0 fully saturated rings. The molecule has 0 spiro atoms. The molecule has 12 rings (SSSR count). The molecule has 0 aromatic heterocycles. The molecule has 4 heteroatoms. The highest BCUT2D eigenvalue weighted by molar-refractivity contribution is 6.31. The Kier molecular flexibility index (Phi) is 15.3. The van der Waals surface area contributed by atoms with Crippen molar-refractivity contribution in [3.05, 3.63) is 292 Å². The number of rotatable bonds is 8. The van der Waals surface area contributed by atoms with Gasteiger partial charge in [-0.15, -0.1) is 0 Å². The van der Waals surface area contributed by atoms with E-state index in [2.05, 4.69) is 218 Å². The van der Waals surface area contributed by atoms with Gasteiger partial charge in [0.25, 0.3) is 0 Å². The number of hydrogen-bond donors (Lipinski definition) is 1. The van der Waals surface area contributed by atoms with Crippen molar-refractivity contribution in [2.24, 2.45) is 0 Å². The monoisotopic (exact) mass is 927 g/mol. The van der Waals surface area contributed by atoms with Gasteiger partial charge in [0, 0.05) is 44.7 Å². The van der Waals surface area contributed by atoms with Gasteiger partial charge >= 0.3 is 0 Å². The molecule has 0 saturated heterocycles. The van der Waals surface area contributed by atoms with Crippen LogP contribution in [0.15, 0.2) is 253 Å². The summed E-state index contributed by atoms with van der Waals surface area (Å²) in [5, 5.41) is 4.20. The van der Waals surface area contributed by atoms with E-state index in [9.17, 15) is 0 Å². The lowest BCUT2D eigenvalue weighted by Gasteiger charge is -2.27. The summed E-state index contributed by atoms with van der Waals surface area (Å²) in [4.78, 5) is 4.69. The summed E-state index contributed by atoms with van der Waals surface area (Å²) < 4.78 is 0. The zero-order chi connectivity index (χ0) is 48.1. The first kappa shape index (κ1) is 47.0. The third-order valence-electron chi connectivity index (χ3n) is 12.5. The van der Waals surface area contributed by atoms with Gasteiger partial charge in [0.15, 0.2) is 0 Å². The van der Waals surface area contributed by atoms with Gasteiger partial charge < -0.3 is 15.1 Å². The molecule has 0 atom stereocenters. The Morgan fingerprint density at radius 2 is 0.714 bits per heavy atom. The number of para-hydroxylation sites is 6. The Morgan fingerprint density at radius 1 is 0.343 bits per heavy atom. The minimum absolute atomic E-state index is 0.899. The van der Waals surface area contributed by atoms with Crippen molar-refractivity contribution in [1.29, 1.82) is 0 Å². The summed E-state index contributed by atoms with van der Waals surface area (Å²) in [5.74, 6) is 0. The second-order valence-electron chi connectivity index (χ2n) is 17.9. The fourth-order valence-electron chi connectivity index (χ4n) is 9.30. The van der Waals surface area contributed by atoms with Crippen LogP contribution in [0.3, 0.4) is 0 Å². The number of allylic oxidation sites excluding steroid dienone is 3. The number of nitrogens with one attached hydrogen (secondary N) is 1. The Bertz CT molecular complexity index is 3100. The highest BCUT2D eigenvalue weighted by atomic mass is 35.5. The van der Waals surface area contributed by atoms with E-state index in [1.54, 1.807) is 0 Å². The van der Waals surface area contributed by atoms with Crippen molar-refractivity contribution in [1.82, 2.24) is 0 Å². The van der Waals surface area contributed by atoms with Crippen molar-refractivity contribution in [2.75, 3.05) is 15.1 Å². The van der Waals surface area contributed by atoms with Gasteiger partial charge in [0.2, 0.25) is 0 Å². The van der Waals surface area contributed by atoms with Crippen molar-refractivity contribution >= 4 is 75.3 Å².